The van der Waals surface area contributed by atoms with Crippen LogP contribution in [-0.2, 0) is 21.5 Å². The van der Waals surface area contributed by atoms with E-state index in [4.69, 9.17) is 4.74 Å². The van der Waals surface area contributed by atoms with Crippen molar-refractivity contribution in [1.82, 2.24) is 25.9 Å². The molecule has 1 aromatic carbocycles. The molecule has 2 unspecified atom stereocenters. The summed E-state index contributed by atoms with van der Waals surface area (Å²) < 4.78 is 6.05. The van der Waals surface area contributed by atoms with Crippen molar-refractivity contribution in [2.45, 2.75) is 50.4 Å². The highest BCUT2D eigenvalue weighted by Gasteiger charge is 2.73. The fourth-order valence-corrected chi connectivity index (χ4v) is 4.52. The Morgan fingerprint density at radius 1 is 1.33 bits per heavy atom. The summed E-state index contributed by atoms with van der Waals surface area (Å²) in [5, 5.41) is 27.8. The second-order valence-corrected chi connectivity index (χ2v) is 8.10. The van der Waals surface area contributed by atoms with Gasteiger partial charge in [-0.15, -0.1) is 10.2 Å². The highest BCUT2D eigenvalue weighted by atomic mass is 16.6. The van der Waals surface area contributed by atoms with Crippen molar-refractivity contribution in [3.63, 3.8) is 0 Å². The average Bonchev–Trinajstić information content (AvgIpc) is 3.36. The molecule has 0 radical (unpaired) electrons. The van der Waals surface area contributed by atoms with Crippen molar-refractivity contribution in [2.24, 2.45) is 0 Å². The predicted molar refractivity (Wildman–Crippen MR) is 104 cm³/mol. The van der Waals surface area contributed by atoms with Gasteiger partial charge in [-0.3, -0.25) is 9.59 Å². The topological polar surface area (TPSA) is 130 Å². The van der Waals surface area contributed by atoms with Crippen LogP contribution in [0.25, 0.3) is 0 Å². The van der Waals surface area contributed by atoms with E-state index < -0.39 is 17.2 Å². The maximum absolute atomic E-state index is 13.7. The molecule has 5 rings (SSSR count). The monoisotopic (exact) mass is 407 g/mol. The number of allylic oxidation sites excluding steroid dienone is 2. The van der Waals surface area contributed by atoms with Gasteiger partial charge < -0.3 is 15.2 Å². The summed E-state index contributed by atoms with van der Waals surface area (Å²) >= 11 is 0. The first kappa shape index (κ1) is 18.7. The largest absolute Gasteiger partial charge is 0.454 e. The number of carbonyl (C=O) groups is 2. The van der Waals surface area contributed by atoms with Gasteiger partial charge in [0.05, 0.1) is 6.42 Å². The Morgan fingerprint density at radius 2 is 2.13 bits per heavy atom. The first-order valence-corrected chi connectivity index (χ1v) is 9.92. The number of hydrogen-bond donors (Lipinski definition) is 3. The minimum Gasteiger partial charge on any atom is -0.454 e. The van der Waals surface area contributed by atoms with Crippen LogP contribution in [0.1, 0.15) is 49.6 Å². The van der Waals surface area contributed by atoms with Crippen molar-refractivity contribution in [2.75, 3.05) is 0 Å². The average molecular weight is 407 g/mol. The molecule has 2 aromatic rings. The van der Waals surface area contributed by atoms with Gasteiger partial charge >= 0.3 is 0 Å². The van der Waals surface area contributed by atoms with E-state index in [0.29, 0.717) is 35.3 Å². The maximum atomic E-state index is 13.7. The molecule has 0 saturated heterocycles. The van der Waals surface area contributed by atoms with Crippen LogP contribution >= 0.6 is 0 Å². The Kier molecular flexibility index (Phi) is 3.94. The molecule has 3 N–H and O–H groups in total. The van der Waals surface area contributed by atoms with Crippen molar-refractivity contribution in [1.29, 1.82) is 0 Å². The highest BCUT2D eigenvalue weighted by molar-refractivity contribution is 6.15. The number of aliphatic hydroxyl groups is 1. The predicted octanol–water partition coefficient (Wildman–Crippen LogP) is 1.19. The number of Topliss-reactive ketones (excluding diaryl/α,β-unsaturated/α-hetero) is 1. The Labute approximate surface area is 172 Å². The molecule has 2 atom stereocenters. The van der Waals surface area contributed by atoms with Crippen LogP contribution in [0.5, 0.6) is 5.75 Å². The standard InChI is InChI=1S/C21H21N5O4/c1-11(2)12-7-8-15-16(9-12)30-21(29)14-6-4-3-5-13(14)19(28)20(15,21)22-18(27)10-17-23-25-26-24-17/h5-9,11,29H,3-4,10H2,1-2H3,(H,22,27)(H,23,24,25,26). The van der Waals surface area contributed by atoms with E-state index in [9.17, 15) is 14.7 Å². The van der Waals surface area contributed by atoms with Crippen LogP contribution in [0, 0.1) is 0 Å². The lowest BCUT2D eigenvalue weighted by Gasteiger charge is -2.34. The fraction of sp³-hybridized carbons (Fsp3) is 0.381. The van der Waals surface area contributed by atoms with E-state index in [-0.39, 0.29) is 23.9 Å². The lowest BCUT2D eigenvalue weighted by Crippen LogP contribution is -2.62. The SMILES string of the molecule is CC(C)c1ccc2c(c1)OC1(O)C3=CCCC=C3C(=O)C21NC(=O)Cc1nn[nH]n1. The number of ketones is 1. The van der Waals surface area contributed by atoms with E-state index in [2.05, 4.69) is 25.9 Å². The summed E-state index contributed by atoms with van der Waals surface area (Å²) in [4.78, 5) is 26.5. The zero-order valence-electron chi connectivity index (χ0n) is 16.6. The molecule has 1 amide bonds. The van der Waals surface area contributed by atoms with Gasteiger partial charge in [-0.2, -0.15) is 5.21 Å². The highest BCUT2D eigenvalue weighted by Crippen LogP contribution is 2.58. The molecule has 9 heteroatoms. The van der Waals surface area contributed by atoms with Crippen molar-refractivity contribution >= 4 is 11.7 Å². The van der Waals surface area contributed by atoms with Crippen LogP contribution in [0.4, 0.5) is 0 Å². The van der Waals surface area contributed by atoms with E-state index in [1.165, 1.54) is 0 Å². The first-order valence-electron chi connectivity index (χ1n) is 9.92. The number of aromatic amines is 1. The number of fused-ring (bicyclic) bond motifs is 5. The summed E-state index contributed by atoms with van der Waals surface area (Å²) in [6, 6.07) is 5.47. The van der Waals surface area contributed by atoms with E-state index >= 15 is 0 Å². The van der Waals surface area contributed by atoms with Gasteiger partial charge in [-0.05, 0) is 30.4 Å². The van der Waals surface area contributed by atoms with Crippen molar-refractivity contribution in [3.8, 4) is 5.75 Å². The smallest absolute Gasteiger partial charge is 0.270 e. The van der Waals surface area contributed by atoms with Gasteiger partial charge in [0.1, 0.15) is 5.75 Å². The molecule has 30 heavy (non-hydrogen) atoms. The number of tetrazole rings is 1. The maximum Gasteiger partial charge on any atom is 0.270 e. The summed E-state index contributed by atoms with van der Waals surface area (Å²) in [7, 11) is 0. The Balaban J connectivity index is 1.65. The summed E-state index contributed by atoms with van der Waals surface area (Å²) in [5.74, 6) is -2.11. The number of amides is 1. The zero-order chi connectivity index (χ0) is 21.1. The summed E-state index contributed by atoms with van der Waals surface area (Å²) in [6.07, 6.45) is 4.78. The fourth-order valence-electron chi connectivity index (χ4n) is 4.52. The molecule has 0 spiro atoms. The normalized spacial score (nSPS) is 26.5. The Bertz CT molecular complexity index is 1120. The molecule has 3 aliphatic rings. The number of aromatic nitrogens is 4. The Hall–Kier alpha value is -3.33. The number of rotatable bonds is 4. The molecule has 1 aliphatic heterocycles. The molecule has 0 bridgehead atoms. The number of benzene rings is 1. The van der Waals surface area contributed by atoms with Gasteiger partial charge in [-0.1, -0.05) is 43.3 Å². The van der Waals surface area contributed by atoms with Crippen LogP contribution < -0.4 is 10.1 Å². The lowest BCUT2D eigenvalue weighted by molar-refractivity contribution is -0.159. The number of hydrogen-bond acceptors (Lipinski definition) is 7. The summed E-state index contributed by atoms with van der Waals surface area (Å²) in [5.41, 5.74) is 0.479. The van der Waals surface area contributed by atoms with Crippen LogP contribution in [-0.4, -0.2) is 43.2 Å². The molecule has 2 aliphatic carbocycles. The second kappa shape index (κ2) is 6.33. The van der Waals surface area contributed by atoms with E-state index in [0.717, 1.165) is 5.56 Å². The molecular formula is C21H21N5O4. The Morgan fingerprint density at radius 3 is 2.87 bits per heavy atom. The molecule has 9 nitrogen and oxygen atoms in total. The number of nitrogens with zero attached hydrogens (tertiary/aromatic N) is 3. The molecular weight excluding hydrogens is 386 g/mol. The number of H-pyrrole nitrogens is 1. The lowest BCUT2D eigenvalue weighted by atomic mass is 9.83. The van der Waals surface area contributed by atoms with Crippen LogP contribution in [0.3, 0.4) is 0 Å². The van der Waals surface area contributed by atoms with E-state index in [1.54, 1.807) is 12.1 Å². The van der Waals surface area contributed by atoms with Gasteiger partial charge in [0, 0.05) is 16.7 Å². The number of carbonyl (C=O) groups excluding carboxylic acids is 2. The van der Waals surface area contributed by atoms with Crippen LogP contribution in [0.15, 0.2) is 41.5 Å². The molecule has 2 heterocycles. The van der Waals surface area contributed by atoms with E-state index in [1.807, 2.05) is 32.1 Å². The van der Waals surface area contributed by atoms with Crippen molar-refractivity contribution < 1.29 is 19.4 Å². The second-order valence-electron chi connectivity index (χ2n) is 8.10. The van der Waals surface area contributed by atoms with Gasteiger partial charge in [0.25, 0.3) is 5.79 Å². The molecule has 1 aromatic heterocycles. The van der Waals surface area contributed by atoms with Gasteiger partial charge in [-0.25, -0.2) is 0 Å². The third-order valence-electron chi connectivity index (χ3n) is 5.98. The first-order chi connectivity index (χ1) is 14.4. The zero-order valence-corrected chi connectivity index (χ0v) is 16.6. The third-order valence-corrected chi connectivity index (χ3v) is 5.98. The summed E-state index contributed by atoms with van der Waals surface area (Å²) in [6.45, 7) is 4.09. The van der Waals surface area contributed by atoms with Crippen LogP contribution in [0.2, 0.25) is 0 Å². The minimum atomic E-state index is -2.01. The third kappa shape index (κ3) is 2.35. The number of nitrogens with one attached hydrogen (secondary N) is 2. The molecule has 154 valence electrons. The minimum absolute atomic E-state index is 0.183. The molecule has 1 saturated carbocycles. The molecule has 1 fully saturated rings. The van der Waals surface area contributed by atoms with Crippen molar-refractivity contribution in [3.05, 3.63) is 58.4 Å². The number of ether oxygens (including phenoxy) is 1. The van der Waals surface area contributed by atoms with Gasteiger partial charge in [0.2, 0.25) is 11.4 Å². The van der Waals surface area contributed by atoms with Gasteiger partial charge in [0.15, 0.2) is 11.6 Å². The quantitative estimate of drug-likeness (QED) is 0.694.